The van der Waals surface area contributed by atoms with Gasteiger partial charge >= 0.3 is 5.97 Å². The van der Waals surface area contributed by atoms with E-state index in [2.05, 4.69) is 4.74 Å². The van der Waals surface area contributed by atoms with Gasteiger partial charge in [0.1, 0.15) is 0 Å². The third-order valence-corrected chi connectivity index (χ3v) is 2.96. The molecule has 0 aliphatic heterocycles. The van der Waals surface area contributed by atoms with Gasteiger partial charge in [0.05, 0.1) is 18.4 Å². The number of thiophene rings is 1. The van der Waals surface area contributed by atoms with Gasteiger partial charge in [-0.2, -0.15) is 0 Å². The van der Waals surface area contributed by atoms with Crippen LogP contribution in [-0.2, 0) is 9.53 Å². The first kappa shape index (κ1) is 10.9. The summed E-state index contributed by atoms with van der Waals surface area (Å²) in [7, 11) is 1.32. The van der Waals surface area contributed by atoms with E-state index in [-0.39, 0.29) is 24.6 Å². The topological polar surface area (TPSA) is 43.4 Å². The van der Waals surface area contributed by atoms with Gasteiger partial charge in [0, 0.05) is 6.42 Å². The Hall–Kier alpha value is -1.16. The van der Waals surface area contributed by atoms with Gasteiger partial charge in [0.2, 0.25) is 0 Å². The molecule has 1 heterocycles. The van der Waals surface area contributed by atoms with E-state index in [1.807, 2.05) is 18.4 Å². The highest BCUT2D eigenvalue weighted by Gasteiger charge is 2.12. The first-order valence-corrected chi connectivity index (χ1v) is 5.17. The Morgan fingerprint density at radius 3 is 2.64 bits per heavy atom. The minimum atomic E-state index is -0.340. The van der Waals surface area contributed by atoms with Gasteiger partial charge in [-0.1, -0.05) is 0 Å². The summed E-state index contributed by atoms with van der Waals surface area (Å²) in [6, 6.07) is 1.90. The fraction of sp³-hybridized carbons (Fsp3) is 0.400. The zero-order valence-corrected chi connectivity index (χ0v) is 9.02. The molecule has 1 rings (SSSR count). The molecule has 0 unspecified atom stereocenters. The van der Waals surface area contributed by atoms with Crippen molar-refractivity contribution in [3.05, 3.63) is 21.9 Å². The van der Waals surface area contributed by atoms with Crippen molar-refractivity contribution in [3.63, 3.8) is 0 Å². The predicted octanol–water partition coefficient (Wildman–Crippen LogP) is 2.19. The lowest BCUT2D eigenvalue weighted by atomic mass is 10.1. The number of esters is 1. The molecule has 0 atom stereocenters. The Bertz CT molecular complexity index is 341. The fourth-order valence-electron chi connectivity index (χ4n) is 1.09. The molecule has 0 aliphatic carbocycles. The maximum Gasteiger partial charge on any atom is 0.305 e. The third-order valence-electron chi connectivity index (χ3n) is 1.90. The van der Waals surface area contributed by atoms with Crippen molar-refractivity contribution < 1.29 is 14.3 Å². The van der Waals surface area contributed by atoms with E-state index in [1.54, 1.807) is 0 Å². The van der Waals surface area contributed by atoms with E-state index < -0.39 is 0 Å². The average Bonchev–Trinajstić information content (AvgIpc) is 2.60. The van der Waals surface area contributed by atoms with E-state index in [0.717, 1.165) is 10.4 Å². The number of carbonyl (C=O) groups excluding carboxylic acids is 2. The molecule has 0 bridgehead atoms. The average molecular weight is 212 g/mol. The molecule has 0 saturated heterocycles. The van der Waals surface area contributed by atoms with E-state index >= 15 is 0 Å². The van der Waals surface area contributed by atoms with Gasteiger partial charge in [0.15, 0.2) is 5.78 Å². The molecular formula is C10H12O3S. The van der Waals surface area contributed by atoms with Crippen molar-refractivity contribution >= 4 is 23.1 Å². The summed E-state index contributed by atoms with van der Waals surface area (Å²) in [5.41, 5.74) is 0.977. The number of hydrogen-bond donors (Lipinski definition) is 0. The van der Waals surface area contributed by atoms with Crippen molar-refractivity contribution in [2.45, 2.75) is 19.8 Å². The molecule has 0 saturated carbocycles. The number of hydrogen-bond acceptors (Lipinski definition) is 4. The summed E-state index contributed by atoms with van der Waals surface area (Å²) < 4.78 is 4.46. The monoisotopic (exact) mass is 212 g/mol. The Balaban J connectivity index is 2.52. The van der Waals surface area contributed by atoms with Crippen LogP contribution in [0.1, 0.15) is 28.1 Å². The molecule has 3 nitrogen and oxygen atoms in total. The van der Waals surface area contributed by atoms with Crippen LogP contribution in [0.15, 0.2) is 11.4 Å². The molecule has 0 aromatic carbocycles. The molecular weight excluding hydrogens is 200 g/mol. The second-order valence-electron chi connectivity index (χ2n) is 2.93. The zero-order chi connectivity index (χ0) is 10.6. The van der Waals surface area contributed by atoms with Crippen molar-refractivity contribution in [1.29, 1.82) is 0 Å². The molecule has 76 valence electrons. The number of ketones is 1. The quantitative estimate of drug-likeness (QED) is 0.567. The molecule has 0 amide bonds. The number of aryl methyl sites for hydroxylation is 1. The molecule has 4 heteroatoms. The first-order chi connectivity index (χ1) is 6.65. The second kappa shape index (κ2) is 4.91. The maximum absolute atomic E-state index is 11.5. The van der Waals surface area contributed by atoms with Crippen molar-refractivity contribution in [1.82, 2.24) is 0 Å². The molecule has 0 N–H and O–H groups in total. The number of carbonyl (C=O) groups is 2. The number of Topliss-reactive ketones (excluding diaryl/α,β-unsaturated/α-hetero) is 1. The fourth-order valence-corrected chi connectivity index (χ4v) is 1.99. The van der Waals surface area contributed by atoms with Gasteiger partial charge in [-0.15, -0.1) is 11.3 Å². The van der Waals surface area contributed by atoms with Gasteiger partial charge in [-0.05, 0) is 23.9 Å². The molecule has 14 heavy (non-hydrogen) atoms. The summed E-state index contributed by atoms with van der Waals surface area (Å²) in [5.74, 6) is -0.324. The minimum absolute atomic E-state index is 0.0166. The summed E-state index contributed by atoms with van der Waals surface area (Å²) in [6.07, 6.45) is 0.390. The standard InChI is InChI=1S/C10H12O3S/c1-7-5-6-14-10(7)8(11)3-4-9(12)13-2/h5-6H,3-4H2,1-2H3. The Morgan fingerprint density at radius 2 is 2.14 bits per heavy atom. The molecule has 0 fully saturated rings. The van der Waals surface area contributed by atoms with Gasteiger partial charge in [0.25, 0.3) is 0 Å². The third kappa shape index (κ3) is 2.67. The van der Waals surface area contributed by atoms with Crippen molar-refractivity contribution in [3.8, 4) is 0 Å². The second-order valence-corrected chi connectivity index (χ2v) is 3.85. The molecule has 0 radical (unpaired) electrons. The van der Waals surface area contributed by atoms with Gasteiger partial charge in [-0.3, -0.25) is 9.59 Å². The van der Waals surface area contributed by atoms with E-state index in [0.29, 0.717) is 0 Å². The summed E-state index contributed by atoms with van der Waals surface area (Å²) >= 11 is 1.42. The van der Waals surface area contributed by atoms with E-state index in [4.69, 9.17) is 0 Å². The Labute approximate surface area is 86.7 Å². The van der Waals surface area contributed by atoms with Crippen LogP contribution in [0.2, 0.25) is 0 Å². The van der Waals surface area contributed by atoms with Gasteiger partial charge in [-0.25, -0.2) is 0 Å². The SMILES string of the molecule is COC(=O)CCC(=O)c1sccc1C. The van der Waals surface area contributed by atoms with Crippen molar-refractivity contribution in [2.24, 2.45) is 0 Å². The van der Waals surface area contributed by atoms with Crippen LogP contribution in [0.3, 0.4) is 0 Å². The van der Waals surface area contributed by atoms with Crippen LogP contribution in [-0.4, -0.2) is 18.9 Å². The van der Waals surface area contributed by atoms with Gasteiger partial charge < -0.3 is 4.74 Å². The maximum atomic E-state index is 11.5. The Kier molecular flexibility index (Phi) is 3.83. The summed E-state index contributed by atoms with van der Waals surface area (Å²) in [5, 5.41) is 1.88. The molecule has 0 spiro atoms. The molecule has 0 aliphatic rings. The van der Waals surface area contributed by atoms with Crippen LogP contribution in [0.25, 0.3) is 0 Å². The minimum Gasteiger partial charge on any atom is -0.469 e. The normalized spacial score (nSPS) is 9.86. The predicted molar refractivity (Wildman–Crippen MR) is 54.6 cm³/mol. The van der Waals surface area contributed by atoms with Crippen LogP contribution in [0.5, 0.6) is 0 Å². The highest BCUT2D eigenvalue weighted by atomic mass is 32.1. The van der Waals surface area contributed by atoms with Crippen LogP contribution in [0, 0.1) is 6.92 Å². The molecule has 1 aromatic rings. The summed E-state index contributed by atoms with van der Waals surface area (Å²) in [4.78, 5) is 23.1. The lowest BCUT2D eigenvalue weighted by Gasteiger charge is -1.98. The van der Waals surface area contributed by atoms with Crippen LogP contribution >= 0.6 is 11.3 Å². The number of ether oxygens (including phenoxy) is 1. The van der Waals surface area contributed by atoms with E-state index in [9.17, 15) is 9.59 Å². The van der Waals surface area contributed by atoms with Crippen molar-refractivity contribution in [2.75, 3.05) is 7.11 Å². The highest BCUT2D eigenvalue weighted by molar-refractivity contribution is 7.12. The smallest absolute Gasteiger partial charge is 0.305 e. The largest absolute Gasteiger partial charge is 0.469 e. The number of rotatable bonds is 4. The molecule has 1 aromatic heterocycles. The van der Waals surface area contributed by atoms with Crippen LogP contribution in [0.4, 0.5) is 0 Å². The summed E-state index contributed by atoms with van der Waals surface area (Å²) in [6.45, 7) is 1.89. The highest BCUT2D eigenvalue weighted by Crippen LogP contribution is 2.18. The lowest BCUT2D eigenvalue weighted by molar-refractivity contribution is -0.140. The lowest BCUT2D eigenvalue weighted by Crippen LogP contribution is -2.05. The van der Waals surface area contributed by atoms with Crippen LogP contribution < -0.4 is 0 Å². The number of methoxy groups -OCH3 is 1. The Morgan fingerprint density at radius 1 is 1.43 bits per heavy atom. The van der Waals surface area contributed by atoms with E-state index in [1.165, 1.54) is 18.4 Å². The zero-order valence-electron chi connectivity index (χ0n) is 8.20. The first-order valence-electron chi connectivity index (χ1n) is 4.29.